The number of alkyl halides is 3. The molecule has 3 amide bonds. The molecule has 1 aromatic rings. The number of urea groups is 1. The van der Waals surface area contributed by atoms with Gasteiger partial charge in [0.2, 0.25) is 5.91 Å². The first kappa shape index (κ1) is 17.3. The molecule has 0 aliphatic rings. The highest BCUT2D eigenvalue weighted by atomic mass is 19.4. The second-order valence-corrected chi connectivity index (χ2v) is 4.00. The standard InChI is InChI=1S/C12H14F3N5O2/c1-17-11(22)20-10(16)18-6-9(21)19-8-5-3-2-4-7(8)12(13,14)15/h2-5H,6H2,1H3,(H,19,21)(H4,16,17,18,20,22). The summed E-state index contributed by atoms with van der Waals surface area (Å²) in [4.78, 5) is 26.0. The maximum Gasteiger partial charge on any atom is 0.418 e. The van der Waals surface area contributed by atoms with E-state index in [2.05, 4.69) is 20.9 Å². The van der Waals surface area contributed by atoms with Gasteiger partial charge in [-0.3, -0.25) is 10.1 Å². The molecule has 7 nitrogen and oxygen atoms in total. The van der Waals surface area contributed by atoms with Crippen molar-refractivity contribution in [2.24, 2.45) is 10.7 Å². The van der Waals surface area contributed by atoms with E-state index in [-0.39, 0.29) is 11.6 Å². The third kappa shape index (κ3) is 5.31. The molecule has 0 fully saturated rings. The zero-order valence-electron chi connectivity index (χ0n) is 11.5. The van der Waals surface area contributed by atoms with Gasteiger partial charge in [-0.1, -0.05) is 12.1 Å². The van der Waals surface area contributed by atoms with Crippen LogP contribution in [0.3, 0.4) is 0 Å². The summed E-state index contributed by atoms with van der Waals surface area (Å²) in [5.41, 5.74) is 3.96. The van der Waals surface area contributed by atoms with E-state index in [1.165, 1.54) is 19.2 Å². The van der Waals surface area contributed by atoms with E-state index in [1.807, 2.05) is 0 Å². The number of guanidine groups is 1. The molecule has 1 aromatic carbocycles. The zero-order chi connectivity index (χ0) is 16.8. The van der Waals surface area contributed by atoms with Gasteiger partial charge in [0.15, 0.2) is 5.96 Å². The molecule has 5 N–H and O–H groups in total. The number of hydrogen-bond acceptors (Lipinski definition) is 3. The number of benzene rings is 1. The maximum atomic E-state index is 12.7. The summed E-state index contributed by atoms with van der Waals surface area (Å²) < 4.78 is 38.2. The van der Waals surface area contributed by atoms with Crippen molar-refractivity contribution < 1.29 is 22.8 Å². The molecule has 0 aromatic heterocycles. The topological polar surface area (TPSA) is 109 Å². The summed E-state index contributed by atoms with van der Waals surface area (Å²) in [5.74, 6) is -1.14. The van der Waals surface area contributed by atoms with Crippen molar-refractivity contribution in [2.45, 2.75) is 6.18 Å². The first-order valence-electron chi connectivity index (χ1n) is 5.98. The predicted molar refractivity (Wildman–Crippen MR) is 74.2 cm³/mol. The van der Waals surface area contributed by atoms with Gasteiger partial charge < -0.3 is 16.4 Å². The first-order valence-corrected chi connectivity index (χ1v) is 5.98. The molecule has 0 aliphatic heterocycles. The molecule has 22 heavy (non-hydrogen) atoms. The number of anilines is 1. The number of amides is 3. The molecule has 0 atom stereocenters. The second kappa shape index (κ2) is 7.29. The van der Waals surface area contributed by atoms with E-state index >= 15 is 0 Å². The van der Waals surface area contributed by atoms with Crippen LogP contribution in [0.1, 0.15) is 5.56 Å². The van der Waals surface area contributed by atoms with E-state index in [0.717, 1.165) is 12.1 Å². The zero-order valence-corrected chi connectivity index (χ0v) is 11.5. The number of rotatable bonds is 3. The summed E-state index contributed by atoms with van der Waals surface area (Å²) in [6.07, 6.45) is -4.59. The van der Waals surface area contributed by atoms with E-state index in [4.69, 9.17) is 5.73 Å². The molecule has 10 heteroatoms. The molecular weight excluding hydrogens is 303 g/mol. The van der Waals surface area contributed by atoms with E-state index < -0.39 is 30.2 Å². The molecule has 0 saturated carbocycles. The van der Waals surface area contributed by atoms with Crippen LogP contribution in [0.2, 0.25) is 0 Å². The lowest BCUT2D eigenvalue weighted by molar-refractivity contribution is -0.137. The van der Waals surface area contributed by atoms with Crippen molar-refractivity contribution in [1.29, 1.82) is 0 Å². The van der Waals surface area contributed by atoms with Crippen molar-refractivity contribution in [1.82, 2.24) is 10.6 Å². The highest BCUT2D eigenvalue weighted by Gasteiger charge is 2.33. The summed E-state index contributed by atoms with van der Waals surface area (Å²) in [6, 6.07) is 3.90. The average Bonchev–Trinajstić information content (AvgIpc) is 2.44. The number of para-hydroxylation sites is 1. The monoisotopic (exact) mass is 317 g/mol. The van der Waals surface area contributed by atoms with Crippen molar-refractivity contribution >= 4 is 23.6 Å². The molecule has 0 spiro atoms. The van der Waals surface area contributed by atoms with Gasteiger partial charge in [0.05, 0.1) is 11.3 Å². The number of carbonyl (C=O) groups is 2. The molecule has 0 unspecified atom stereocenters. The van der Waals surface area contributed by atoms with E-state index in [0.29, 0.717) is 0 Å². The molecule has 0 aliphatic carbocycles. The van der Waals surface area contributed by atoms with Gasteiger partial charge in [0.1, 0.15) is 6.54 Å². The van der Waals surface area contributed by atoms with Crippen LogP contribution in [0.25, 0.3) is 0 Å². The van der Waals surface area contributed by atoms with Crippen molar-refractivity contribution in [2.75, 3.05) is 18.9 Å². The number of hydrogen-bond donors (Lipinski definition) is 4. The highest BCUT2D eigenvalue weighted by Crippen LogP contribution is 2.34. The molecule has 1 rings (SSSR count). The Kier molecular flexibility index (Phi) is 5.72. The maximum absolute atomic E-state index is 12.7. The van der Waals surface area contributed by atoms with Gasteiger partial charge in [-0.15, -0.1) is 0 Å². The summed E-state index contributed by atoms with van der Waals surface area (Å²) >= 11 is 0. The molecule has 0 radical (unpaired) electrons. The van der Waals surface area contributed by atoms with Crippen LogP contribution in [-0.2, 0) is 11.0 Å². The van der Waals surface area contributed by atoms with Crippen LogP contribution in [0, 0.1) is 0 Å². The Morgan fingerprint density at radius 3 is 2.50 bits per heavy atom. The van der Waals surface area contributed by atoms with Gasteiger partial charge in [-0.25, -0.2) is 9.79 Å². The molecule has 0 heterocycles. The van der Waals surface area contributed by atoms with E-state index in [1.54, 1.807) is 0 Å². The summed E-state index contributed by atoms with van der Waals surface area (Å²) in [7, 11) is 1.35. The normalized spacial score (nSPS) is 11.7. The van der Waals surface area contributed by atoms with Gasteiger partial charge in [-0.05, 0) is 12.1 Å². The lowest BCUT2D eigenvalue weighted by atomic mass is 10.1. The Balaban J connectivity index is 2.71. The number of carbonyl (C=O) groups excluding carboxylic acids is 2. The minimum Gasteiger partial charge on any atom is -0.370 e. The lowest BCUT2D eigenvalue weighted by Crippen LogP contribution is -2.42. The second-order valence-electron chi connectivity index (χ2n) is 4.00. The highest BCUT2D eigenvalue weighted by molar-refractivity contribution is 5.98. The van der Waals surface area contributed by atoms with Crippen LogP contribution in [0.4, 0.5) is 23.7 Å². The third-order valence-electron chi connectivity index (χ3n) is 2.37. The number of nitrogens with zero attached hydrogens (tertiary/aromatic N) is 1. The van der Waals surface area contributed by atoms with Gasteiger partial charge in [-0.2, -0.15) is 13.2 Å². The van der Waals surface area contributed by atoms with Gasteiger partial charge >= 0.3 is 12.2 Å². The number of aliphatic imine (C=N–C) groups is 1. The average molecular weight is 317 g/mol. The predicted octanol–water partition coefficient (Wildman–Crippen LogP) is 0.888. The van der Waals surface area contributed by atoms with Crippen molar-refractivity contribution in [3.63, 3.8) is 0 Å². The summed E-state index contributed by atoms with van der Waals surface area (Å²) in [5, 5.41) is 6.40. The SMILES string of the molecule is CNC(=O)NC(N)=NCC(=O)Nc1ccccc1C(F)(F)F. The Hall–Kier alpha value is -2.78. The fourth-order valence-electron chi connectivity index (χ4n) is 1.40. The van der Waals surface area contributed by atoms with Crippen molar-refractivity contribution in [3.8, 4) is 0 Å². The first-order chi connectivity index (χ1) is 10.2. The number of nitrogens with one attached hydrogen (secondary N) is 3. The van der Waals surface area contributed by atoms with Crippen LogP contribution in [0.5, 0.6) is 0 Å². The number of halogens is 3. The van der Waals surface area contributed by atoms with Crippen LogP contribution in [0.15, 0.2) is 29.3 Å². The smallest absolute Gasteiger partial charge is 0.370 e. The Morgan fingerprint density at radius 1 is 1.27 bits per heavy atom. The van der Waals surface area contributed by atoms with Crippen LogP contribution >= 0.6 is 0 Å². The van der Waals surface area contributed by atoms with Crippen molar-refractivity contribution in [3.05, 3.63) is 29.8 Å². The largest absolute Gasteiger partial charge is 0.418 e. The summed E-state index contributed by atoms with van der Waals surface area (Å²) in [6.45, 7) is -0.540. The molecular formula is C12H14F3N5O2. The Bertz CT molecular complexity index is 586. The van der Waals surface area contributed by atoms with Crippen LogP contribution < -0.4 is 21.7 Å². The number of nitrogens with two attached hydrogens (primary N) is 1. The minimum atomic E-state index is -4.59. The van der Waals surface area contributed by atoms with Gasteiger partial charge in [0.25, 0.3) is 0 Å². The Morgan fingerprint density at radius 2 is 1.91 bits per heavy atom. The van der Waals surface area contributed by atoms with E-state index in [9.17, 15) is 22.8 Å². The Labute approximate surface area is 123 Å². The molecule has 0 bridgehead atoms. The fraction of sp³-hybridized carbons (Fsp3) is 0.250. The van der Waals surface area contributed by atoms with Gasteiger partial charge in [0, 0.05) is 7.05 Å². The third-order valence-corrected chi connectivity index (χ3v) is 2.37. The minimum absolute atomic E-state index is 0.335. The quantitative estimate of drug-likeness (QED) is 0.491. The van der Waals surface area contributed by atoms with Crippen LogP contribution in [-0.4, -0.2) is 31.5 Å². The lowest BCUT2D eigenvalue weighted by Gasteiger charge is -2.13. The molecule has 0 saturated heterocycles. The fourth-order valence-corrected chi connectivity index (χ4v) is 1.40. The molecule has 120 valence electrons.